The van der Waals surface area contributed by atoms with Crippen LogP contribution in [0.2, 0.25) is 0 Å². The normalized spacial score (nSPS) is 16.4. The number of likely N-dealkylation sites (tertiary alicyclic amines) is 1. The van der Waals surface area contributed by atoms with Gasteiger partial charge in [-0.05, 0) is 55.6 Å². The molecule has 1 aromatic rings. The highest BCUT2D eigenvalue weighted by atomic mass is 79.9. The highest BCUT2D eigenvalue weighted by Crippen LogP contribution is 2.33. The number of hydrogen-bond donors (Lipinski definition) is 2. The fraction of sp³-hybridized carbons (Fsp3) is 0.565. The number of alkyl halides is 3. The van der Waals surface area contributed by atoms with Gasteiger partial charge in [0.25, 0.3) is 0 Å². The molecule has 0 amide bonds. The maximum absolute atomic E-state index is 13.0. The van der Waals surface area contributed by atoms with E-state index in [2.05, 4.69) is 65.4 Å². The quantitative estimate of drug-likeness (QED) is 0.478. The van der Waals surface area contributed by atoms with Crippen LogP contribution in [0, 0.1) is 11.3 Å². The minimum atomic E-state index is -4.38. The minimum absolute atomic E-state index is 0.0657. The topological polar surface area (TPSA) is 27.3 Å². The number of halogens is 4. The van der Waals surface area contributed by atoms with Crippen LogP contribution in [-0.2, 0) is 6.18 Å². The van der Waals surface area contributed by atoms with Gasteiger partial charge in [-0.3, -0.25) is 0 Å². The smallest absolute Gasteiger partial charge is 0.387 e. The molecule has 1 aromatic carbocycles. The summed E-state index contributed by atoms with van der Waals surface area (Å²) in [6, 6.07) is 3.88. The summed E-state index contributed by atoms with van der Waals surface area (Å²) in [6.45, 7) is 19.1. The molecule has 0 bridgehead atoms. The van der Waals surface area contributed by atoms with Gasteiger partial charge in [-0.2, -0.15) is 13.2 Å². The van der Waals surface area contributed by atoms with Crippen LogP contribution >= 0.6 is 15.9 Å². The zero-order chi connectivity index (χ0) is 22.5. The zero-order valence-corrected chi connectivity index (χ0v) is 19.7. The molecule has 168 valence electrons. The molecule has 0 spiro atoms. The van der Waals surface area contributed by atoms with Gasteiger partial charge in [0.1, 0.15) is 0 Å². The molecule has 0 atom stereocenters. The van der Waals surface area contributed by atoms with Gasteiger partial charge in [0.15, 0.2) is 0 Å². The van der Waals surface area contributed by atoms with E-state index in [0.717, 1.165) is 63.4 Å². The van der Waals surface area contributed by atoms with Crippen LogP contribution in [0.25, 0.3) is 5.70 Å². The van der Waals surface area contributed by atoms with Gasteiger partial charge in [0.2, 0.25) is 0 Å². The van der Waals surface area contributed by atoms with Crippen molar-refractivity contribution < 1.29 is 13.2 Å². The first kappa shape index (κ1) is 24.8. The second kappa shape index (κ2) is 10.2. The summed E-state index contributed by atoms with van der Waals surface area (Å²) >= 11 is 3.16. The number of rotatable bonds is 8. The minimum Gasteiger partial charge on any atom is -0.387 e. The summed E-state index contributed by atoms with van der Waals surface area (Å²) in [5, 5.41) is 6.65. The zero-order valence-electron chi connectivity index (χ0n) is 18.1. The number of benzene rings is 1. The Morgan fingerprint density at radius 3 is 2.30 bits per heavy atom. The van der Waals surface area contributed by atoms with Crippen LogP contribution in [0.5, 0.6) is 0 Å². The fourth-order valence-corrected chi connectivity index (χ4v) is 3.83. The average Bonchev–Trinajstić information content (AvgIpc) is 2.65. The molecule has 7 heteroatoms. The van der Waals surface area contributed by atoms with Crippen molar-refractivity contribution >= 4 is 21.6 Å². The molecule has 1 saturated heterocycles. The largest absolute Gasteiger partial charge is 0.416 e. The van der Waals surface area contributed by atoms with Gasteiger partial charge >= 0.3 is 6.18 Å². The van der Waals surface area contributed by atoms with Gasteiger partial charge < -0.3 is 15.5 Å². The van der Waals surface area contributed by atoms with Gasteiger partial charge in [-0.15, -0.1) is 0 Å². The van der Waals surface area contributed by atoms with Crippen molar-refractivity contribution in [2.75, 3.05) is 32.7 Å². The Hall–Kier alpha value is -1.47. The Morgan fingerprint density at radius 2 is 1.73 bits per heavy atom. The fourth-order valence-electron chi connectivity index (χ4n) is 3.34. The Kier molecular flexibility index (Phi) is 8.45. The molecule has 0 aromatic heterocycles. The van der Waals surface area contributed by atoms with E-state index in [1.54, 1.807) is 6.07 Å². The lowest BCUT2D eigenvalue weighted by Gasteiger charge is -2.33. The molecule has 1 aliphatic heterocycles. The van der Waals surface area contributed by atoms with Crippen molar-refractivity contribution in [3.05, 3.63) is 52.7 Å². The van der Waals surface area contributed by atoms with E-state index in [9.17, 15) is 13.2 Å². The Balaban J connectivity index is 1.75. The van der Waals surface area contributed by atoms with Crippen molar-refractivity contribution in [3.63, 3.8) is 0 Å². The van der Waals surface area contributed by atoms with Crippen LogP contribution in [-0.4, -0.2) is 37.6 Å². The first-order valence-corrected chi connectivity index (χ1v) is 11.1. The Labute approximate surface area is 186 Å². The van der Waals surface area contributed by atoms with E-state index < -0.39 is 11.7 Å². The van der Waals surface area contributed by atoms with Crippen molar-refractivity contribution in [2.45, 2.75) is 39.8 Å². The van der Waals surface area contributed by atoms with Crippen molar-refractivity contribution in [2.24, 2.45) is 11.3 Å². The number of nitrogens with one attached hydrogen (secondary N) is 2. The highest BCUT2D eigenvalue weighted by Gasteiger charge is 2.31. The summed E-state index contributed by atoms with van der Waals surface area (Å²) in [5.74, 6) is 0.490. The van der Waals surface area contributed by atoms with E-state index in [1.807, 2.05) is 0 Å². The summed E-state index contributed by atoms with van der Waals surface area (Å²) < 4.78 is 39.5. The van der Waals surface area contributed by atoms with E-state index >= 15 is 0 Å². The maximum Gasteiger partial charge on any atom is 0.416 e. The summed E-state index contributed by atoms with van der Waals surface area (Å²) in [5.41, 5.74) is 1.43. The van der Waals surface area contributed by atoms with E-state index in [0.29, 0.717) is 21.7 Å². The third-order valence-electron chi connectivity index (χ3n) is 5.56. The van der Waals surface area contributed by atoms with Crippen LogP contribution < -0.4 is 10.6 Å². The molecule has 2 rings (SSSR count). The van der Waals surface area contributed by atoms with Crippen molar-refractivity contribution in [1.82, 2.24) is 15.5 Å². The molecular formula is C23H33BrF3N3. The second-order valence-corrected chi connectivity index (χ2v) is 9.94. The van der Waals surface area contributed by atoms with Gasteiger partial charge in [0, 0.05) is 40.9 Å². The van der Waals surface area contributed by atoms with Crippen molar-refractivity contribution in [1.29, 1.82) is 0 Å². The molecular weight excluding hydrogens is 455 g/mol. The molecule has 0 saturated carbocycles. The lowest BCUT2D eigenvalue weighted by molar-refractivity contribution is -0.137. The second-order valence-electron chi connectivity index (χ2n) is 9.03. The first-order valence-electron chi connectivity index (χ1n) is 10.3. The molecule has 0 radical (unpaired) electrons. The number of piperidine rings is 1. The van der Waals surface area contributed by atoms with Crippen LogP contribution in [0.1, 0.15) is 44.7 Å². The summed E-state index contributed by atoms with van der Waals surface area (Å²) in [7, 11) is 0. The third kappa shape index (κ3) is 7.65. The standard InChI is InChI=1S/C23H33BrF3N3/c1-16(19-12-20(23(25,26)27)14-21(24)13-19)29-15-18-6-9-30(10-7-18)11-8-28-17(2)22(3,4)5/h12-14,18,28-29H,1-2,6-11,15H2,3-5H3. The Morgan fingerprint density at radius 1 is 1.10 bits per heavy atom. The predicted octanol–water partition coefficient (Wildman–Crippen LogP) is 5.89. The summed E-state index contributed by atoms with van der Waals surface area (Å²) in [6.07, 6.45) is -2.25. The molecule has 30 heavy (non-hydrogen) atoms. The molecule has 2 N–H and O–H groups in total. The van der Waals surface area contributed by atoms with E-state index in [-0.39, 0.29) is 5.41 Å². The SMILES string of the molecule is C=C(NCC1CCN(CCNC(=C)C(C)(C)C)CC1)c1cc(Br)cc(C(F)(F)F)c1. The molecule has 1 heterocycles. The molecule has 3 nitrogen and oxygen atoms in total. The maximum atomic E-state index is 13.0. The number of hydrogen-bond acceptors (Lipinski definition) is 3. The number of nitrogens with zero attached hydrogens (tertiary/aromatic N) is 1. The lowest BCUT2D eigenvalue weighted by atomic mass is 9.93. The van der Waals surface area contributed by atoms with Crippen LogP contribution in [0.4, 0.5) is 13.2 Å². The molecule has 1 aliphatic rings. The summed E-state index contributed by atoms with van der Waals surface area (Å²) in [4.78, 5) is 2.44. The predicted molar refractivity (Wildman–Crippen MR) is 122 cm³/mol. The third-order valence-corrected chi connectivity index (χ3v) is 6.01. The molecule has 1 fully saturated rings. The lowest BCUT2D eigenvalue weighted by Crippen LogP contribution is -2.40. The van der Waals surface area contributed by atoms with Crippen molar-refractivity contribution in [3.8, 4) is 0 Å². The Bertz CT molecular complexity index is 745. The van der Waals surface area contributed by atoms with E-state index in [1.165, 1.54) is 0 Å². The van der Waals surface area contributed by atoms with Crippen LogP contribution in [0.15, 0.2) is 41.5 Å². The van der Waals surface area contributed by atoms with Gasteiger partial charge in [-0.25, -0.2) is 0 Å². The average molecular weight is 488 g/mol. The van der Waals surface area contributed by atoms with Crippen LogP contribution in [0.3, 0.4) is 0 Å². The highest BCUT2D eigenvalue weighted by molar-refractivity contribution is 9.10. The van der Waals surface area contributed by atoms with Gasteiger partial charge in [-0.1, -0.05) is 49.9 Å². The molecule has 0 unspecified atom stereocenters. The number of allylic oxidation sites excluding steroid dienone is 1. The molecule has 0 aliphatic carbocycles. The van der Waals surface area contributed by atoms with Gasteiger partial charge in [0.05, 0.1) is 5.56 Å². The monoisotopic (exact) mass is 487 g/mol. The van der Waals surface area contributed by atoms with E-state index in [4.69, 9.17) is 0 Å². The first-order chi connectivity index (χ1) is 13.9.